The summed E-state index contributed by atoms with van der Waals surface area (Å²) in [4.78, 5) is 0. The average molecular weight is 138 g/mol. The van der Waals surface area contributed by atoms with Crippen molar-refractivity contribution in [2.24, 2.45) is 5.92 Å². The summed E-state index contributed by atoms with van der Waals surface area (Å²) >= 11 is 0. The zero-order valence-corrected chi connectivity index (χ0v) is 6.43. The Morgan fingerprint density at radius 1 is 1.80 bits per heavy atom. The van der Waals surface area contributed by atoms with Crippen LogP contribution < -0.4 is 5.32 Å². The lowest BCUT2D eigenvalue weighted by molar-refractivity contribution is 0.606. The predicted octanol–water partition coefficient (Wildman–Crippen LogP) is 1.31. The van der Waals surface area contributed by atoms with Crippen LogP contribution in [0.4, 0.5) is 0 Å². The molecular weight excluding hydrogens is 124 g/mol. The summed E-state index contributed by atoms with van der Waals surface area (Å²) in [6, 6.07) is 2.15. The fourth-order valence-electron chi connectivity index (χ4n) is 0.568. The number of rotatable bonds is 5. The highest BCUT2D eigenvalue weighted by Gasteiger charge is 1.95. The Morgan fingerprint density at radius 2 is 2.50 bits per heavy atom. The Kier molecular flexibility index (Phi) is 5.80. The van der Waals surface area contributed by atoms with E-state index in [9.17, 15) is 0 Å². The Labute approximate surface area is 62.5 Å². The fourth-order valence-corrected chi connectivity index (χ4v) is 0.568. The monoisotopic (exact) mass is 138 g/mol. The molecule has 0 saturated heterocycles. The van der Waals surface area contributed by atoms with E-state index in [0.29, 0.717) is 0 Å². The third kappa shape index (κ3) is 5.33. The molecule has 0 bridgehead atoms. The standard InChI is InChI=1S/C8H14N2/c1-3-4-5-10-7-8(2)6-9/h3,8,10H,1,4-5,7H2,2H3. The maximum atomic E-state index is 8.38. The normalized spacial score (nSPS) is 12.0. The minimum Gasteiger partial charge on any atom is -0.315 e. The topological polar surface area (TPSA) is 35.8 Å². The van der Waals surface area contributed by atoms with E-state index in [1.807, 2.05) is 13.0 Å². The van der Waals surface area contributed by atoms with Crippen molar-refractivity contribution in [1.29, 1.82) is 5.26 Å². The van der Waals surface area contributed by atoms with Gasteiger partial charge >= 0.3 is 0 Å². The highest BCUT2D eigenvalue weighted by molar-refractivity contribution is 4.80. The van der Waals surface area contributed by atoms with Crippen LogP contribution in [0.2, 0.25) is 0 Å². The van der Waals surface area contributed by atoms with Crippen molar-refractivity contribution in [2.45, 2.75) is 13.3 Å². The van der Waals surface area contributed by atoms with Crippen molar-refractivity contribution in [1.82, 2.24) is 5.32 Å². The number of nitrogens with zero attached hydrogens (tertiary/aromatic N) is 1. The second-order valence-electron chi connectivity index (χ2n) is 2.31. The number of nitrogens with one attached hydrogen (secondary N) is 1. The maximum absolute atomic E-state index is 8.38. The maximum Gasteiger partial charge on any atom is 0.0666 e. The van der Waals surface area contributed by atoms with Crippen LogP contribution in [0.1, 0.15) is 13.3 Å². The molecule has 0 amide bonds. The number of hydrogen-bond donors (Lipinski definition) is 1. The molecule has 0 aliphatic heterocycles. The molecular formula is C8H14N2. The van der Waals surface area contributed by atoms with E-state index in [1.54, 1.807) is 0 Å². The molecule has 1 atom stereocenters. The van der Waals surface area contributed by atoms with Crippen molar-refractivity contribution in [3.05, 3.63) is 12.7 Å². The lowest BCUT2D eigenvalue weighted by atomic mass is 10.2. The van der Waals surface area contributed by atoms with E-state index in [1.165, 1.54) is 0 Å². The second kappa shape index (κ2) is 6.31. The van der Waals surface area contributed by atoms with Gasteiger partial charge in [0.25, 0.3) is 0 Å². The molecule has 2 heteroatoms. The third-order valence-electron chi connectivity index (χ3n) is 1.20. The van der Waals surface area contributed by atoms with Gasteiger partial charge in [0.05, 0.1) is 12.0 Å². The molecule has 1 unspecified atom stereocenters. The zero-order chi connectivity index (χ0) is 7.82. The zero-order valence-electron chi connectivity index (χ0n) is 6.43. The summed E-state index contributed by atoms with van der Waals surface area (Å²) in [5.74, 6) is 0.116. The van der Waals surface area contributed by atoms with Gasteiger partial charge in [0.2, 0.25) is 0 Å². The third-order valence-corrected chi connectivity index (χ3v) is 1.20. The molecule has 0 fully saturated rings. The predicted molar refractivity (Wildman–Crippen MR) is 42.5 cm³/mol. The Bertz CT molecular complexity index is 124. The summed E-state index contributed by atoms with van der Waals surface area (Å²) in [5, 5.41) is 11.5. The molecule has 10 heavy (non-hydrogen) atoms. The van der Waals surface area contributed by atoms with Crippen LogP contribution in [-0.2, 0) is 0 Å². The summed E-state index contributed by atoms with van der Waals surface area (Å²) in [6.45, 7) is 7.20. The van der Waals surface area contributed by atoms with E-state index < -0.39 is 0 Å². The Balaban J connectivity index is 3.05. The van der Waals surface area contributed by atoms with Crippen molar-refractivity contribution >= 4 is 0 Å². The van der Waals surface area contributed by atoms with Crippen LogP contribution in [-0.4, -0.2) is 13.1 Å². The van der Waals surface area contributed by atoms with Crippen LogP contribution in [0, 0.1) is 17.2 Å². The molecule has 1 N–H and O–H groups in total. The molecule has 0 saturated carbocycles. The molecule has 0 radical (unpaired) electrons. The molecule has 0 aliphatic carbocycles. The van der Waals surface area contributed by atoms with Gasteiger partial charge in [0, 0.05) is 6.54 Å². The lowest BCUT2D eigenvalue weighted by Crippen LogP contribution is -2.20. The van der Waals surface area contributed by atoms with E-state index in [0.717, 1.165) is 19.5 Å². The van der Waals surface area contributed by atoms with E-state index in [4.69, 9.17) is 5.26 Å². The van der Waals surface area contributed by atoms with Crippen molar-refractivity contribution in [2.75, 3.05) is 13.1 Å². The quantitative estimate of drug-likeness (QED) is 0.459. The SMILES string of the molecule is C=CCCNCC(C)C#N. The summed E-state index contributed by atoms with van der Waals surface area (Å²) in [6.07, 6.45) is 2.84. The van der Waals surface area contributed by atoms with Crippen molar-refractivity contribution < 1.29 is 0 Å². The van der Waals surface area contributed by atoms with Gasteiger partial charge in [0.1, 0.15) is 0 Å². The molecule has 56 valence electrons. The van der Waals surface area contributed by atoms with Gasteiger partial charge in [0.15, 0.2) is 0 Å². The van der Waals surface area contributed by atoms with Gasteiger partial charge in [-0.3, -0.25) is 0 Å². The first-order valence-electron chi connectivity index (χ1n) is 3.52. The van der Waals surface area contributed by atoms with Crippen molar-refractivity contribution in [3.63, 3.8) is 0 Å². The molecule has 0 rings (SSSR count). The van der Waals surface area contributed by atoms with Crippen LogP contribution in [0.5, 0.6) is 0 Å². The van der Waals surface area contributed by atoms with Crippen LogP contribution in [0.15, 0.2) is 12.7 Å². The van der Waals surface area contributed by atoms with E-state index >= 15 is 0 Å². The smallest absolute Gasteiger partial charge is 0.0666 e. The molecule has 0 aromatic rings. The minimum atomic E-state index is 0.116. The number of hydrogen-bond acceptors (Lipinski definition) is 2. The van der Waals surface area contributed by atoms with E-state index in [-0.39, 0.29) is 5.92 Å². The highest BCUT2D eigenvalue weighted by atomic mass is 14.8. The highest BCUT2D eigenvalue weighted by Crippen LogP contribution is 1.87. The minimum absolute atomic E-state index is 0.116. The van der Waals surface area contributed by atoms with Gasteiger partial charge in [-0.05, 0) is 19.9 Å². The van der Waals surface area contributed by atoms with Crippen LogP contribution >= 0.6 is 0 Å². The molecule has 0 aromatic heterocycles. The lowest BCUT2D eigenvalue weighted by Gasteiger charge is -2.02. The van der Waals surface area contributed by atoms with Crippen LogP contribution in [0.25, 0.3) is 0 Å². The molecule has 0 heterocycles. The largest absolute Gasteiger partial charge is 0.315 e. The summed E-state index contributed by atoms with van der Waals surface area (Å²) < 4.78 is 0. The van der Waals surface area contributed by atoms with Gasteiger partial charge < -0.3 is 5.32 Å². The fraction of sp³-hybridized carbons (Fsp3) is 0.625. The molecule has 0 spiro atoms. The Hall–Kier alpha value is -0.810. The van der Waals surface area contributed by atoms with Gasteiger partial charge in [-0.2, -0.15) is 5.26 Å². The van der Waals surface area contributed by atoms with Gasteiger partial charge in [-0.1, -0.05) is 6.08 Å². The summed E-state index contributed by atoms with van der Waals surface area (Å²) in [7, 11) is 0. The van der Waals surface area contributed by atoms with Crippen LogP contribution in [0.3, 0.4) is 0 Å². The summed E-state index contributed by atoms with van der Waals surface area (Å²) in [5.41, 5.74) is 0. The Morgan fingerprint density at radius 3 is 3.00 bits per heavy atom. The first-order valence-corrected chi connectivity index (χ1v) is 3.52. The number of nitriles is 1. The first kappa shape index (κ1) is 9.19. The average Bonchev–Trinajstić information content (AvgIpc) is 1.98. The molecule has 2 nitrogen and oxygen atoms in total. The first-order chi connectivity index (χ1) is 4.81. The van der Waals surface area contributed by atoms with E-state index in [2.05, 4.69) is 18.0 Å². The van der Waals surface area contributed by atoms with Crippen molar-refractivity contribution in [3.8, 4) is 6.07 Å². The molecule has 0 aliphatic rings. The van der Waals surface area contributed by atoms with Gasteiger partial charge in [-0.15, -0.1) is 6.58 Å². The molecule has 0 aromatic carbocycles. The van der Waals surface area contributed by atoms with Gasteiger partial charge in [-0.25, -0.2) is 0 Å². The second-order valence-corrected chi connectivity index (χ2v) is 2.31.